The third-order valence-corrected chi connectivity index (χ3v) is 6.27. The van der Waals surface area contributed by atoms with Crippen LogP contribution in [0, 0.1) is 5.92 Å². The highest BCUT2D eigenvalue weighted by Gasteiger charge is 2.28. The van der Waals surface area contributed by atoms with Crippen molar-refractivity contribution in [1.82, 2.24) is 14.8 Å². The lowest BCUT2D eigenvalue weighted by molar-refractivity contribution is -0.115. The monoisotopic (exact) mass is 468 g/mol. The first-order chi connectivity index (χ1) is 16.3. The molecule has 2 amide bonds. The molecular weight excluding hydrogens is 432 g/mol. The van der Waals surface area contributed by atoms with E-state index in [0.29, 0.717) is 43.1 Å². The van der Waals surface area contributed by atoms with E-state index in [1.807, 2.05) is 18.2 Å². The molecule has 0 spiro atoms. The van der Waals surface area contributed by atoms with Crippen LogP contribution in [-0.4, -0.2) is 72.6 Å². The van der Waals surface area contributed by atoms with Crippen molar-refractivity contribution in [1.29, 1.82) is 0 Å². The number of rotatable bonds is 5. The Morgan fingerprint density at radius 1 is 1.24 bits per heavy atom. The Labute approximate surface area is 202 Å². The van der Waals surface area contributed by atoms with Gasteiger partial charge in [0.05, 0.1) is 17.4 Å². The van der Waals surface area contributed by atoms with E-state index in [4.69, 9.17) is 9.47 Å². The second kappa shape index (κ2) is 11.9. The Balaban J connectivity index is 1.93. The summed E-state index contributed by atoms with van der Waals surface area (Å²) in [6.45, 7) is 8.35. The van der Waals surface area contributed by atoms with Crippen molar-refractivity contribution in [2.24, 2.45) is 5.92 Å². The number of carbonyl (C=O) groups is 2. The maximum absolute atomic E-state index is 13.4. The summed E-state index contributed by atoms with van der Waals surface area (Å²) in [5.74, 6) is 0.386. The maximum Gasteiger partial charge on any atom is 0.257 e. The molecule has 1 aliphatic heterocycles. The number of hydrogen-bond donors (Lipinski definition) is 1. The molecule has 1 aliphatic rings. The van der Waals surface area contributed by atoms with E-state index in [-0.39, 0.29) is 29.9 Å². The highest BCUT2D eigenvalue weighted by atomic mass is 16.5. The number of carbonyl (C=O) groups excluding carboxylic acids is 2. The van der Waals surface area contributed by atoms with Crippen molar-refractivity contribution in [3.05, 3.63) is 53.9 Å². The van der Waals surface area contributed by atoms with E-state index in [1.165, 1.54) is 0 Å². The van der Waals surface area contributed by atoms with Gasteiger partial charge >= 0.3 is 0 Å². The van der Waals surface area contributed by atoms with Crippen molar-refractivity contribution in [2.75, 3.05) is 39.2 Å². The van der Waals surface area contributed by atoms with Crippen molar-refractivity contribution in [2.45, 2.75) is 45.9 Å². The minimum atomic E-state index is -0.171. The Morgan fingerprint density at radius 2 is 2.03 bits per heavy atom. The molecule has 1 aromatic carbocycles. The number of methoxy groups -OCH3 is 1. The van der Waals surface area contributed by atoms with Gasteiger partial charge in [0, 0.05) is 58.1 Å². The normalized spacial score (nSPS) is 22.2. The zero-order valence-corrected chi connectivity index (χ0v) is 20.8. The van der Waals surface area contributed by atoms with Crippen LogP contribution < -0.4 is 10.1 Å². The van der Waals surface area contributed by atoms with Crippen LogP contribution in [0.5, 0.6) is 5.75 Å². The average molecular weight is 469 g/mol. The predicted octanol–water partition coefficient (Wildman–Crippen LogP) is 3.44. The number of aromatic nitrogens is 1. The van der Waals surface area contributed by atoms with Gasteiger partial charge in [-0.1, -0.05) is 19.9 Å². The lowest BCUT2D eigenvalue weighted by Gasteiger charge is -2.35. The number of benzene rings is 1. The molecule has 2 heterocycles. The van der Waals surface area contributed by atoms with Crippen LogP contribution in [-0.2, 0) is 16.1 Å². The summed E-state index contributed by atoms with van der Waals surface area (Å²) in [6.07, 6.45) is 2.03. The highest BCUT2D eigenvalue weighted by molar-refractivity contribution is 5.99. The van der Waals surface area contributed by atoms with E-state index < -0.39 is 0 Å². The van der Waals surface area contributed by atoms with E-state index in [1.54, 1.807) is 50.4 Å². The first-order valence-corrected chi connectivity index (χ1v) is 11.8. The number of hydrogen-bond acceptors (Lipinski definition) is 6. The van der Waals surface area contributed by atoms with Crippen LogP contribution in [0.1, 0.15) is 43.2 Å². The fourth-order valence-corrected chi connectivity index (χ4v) is 4.10. The summed E-state index contributed by atoms with van der Waals surface area (Å²) in [6, 6.07) is 11.2. The van der Waals surface area contributed by atoms with E-state index in [2.05, 4.69) is 29.0 Å². The van der Waals surface area contributed by atoms with Gasteiger partial charge in [-0.3, -0.25) is 19.5 Å². The summed E-state index contributed by atoms with van der Waals surface area (Å²) in [5, 5.41) is 2.83. The zero-order chi connectivity index (χ0) is 24.7. The number of nitrogens with one attached hydrogen (secondary N) is 1. The summed E-state index contributed by atoms with van der Waals surface area (Å²) < 4.78 is 12.0. The summed E-state index contributed by atoms with van der Waals surface area (Å²) in [4.78, 5) is 33.8. The smallest absolute Gasteiger partial charge is 0.257 e. The molecule has 0 saturated heterocycles. The predicted molar refractivity (Wildman–Crippen MR) is 132 cm³/mol. The summed E-state index contributed by atoms with van der Waals surface area (Å²) in [7, 11) is 3.45. The minimum Gasteiger partial charge on any atom is -0.491 e. The van der Waals surface area contributed by atoms with Crippen molar-refractivity contribution in [3.63, 3.8) is 0 Å². The first kappa shape index (κ1) is 25.6. The fraction of sp³-hybridized carbons (Fsp3) is 0.500. The van der Waals surface area contributed by atoms with E-state index in [0.717, 1.165) is 12.2 Å². The molecular formula is C26H36N4O4. The topological polar surface area (TPSA) is 84.0 Å². The van der Waals surface area contributed by atoms with Gasteiger partial charge in [0.2, 0.25) is 5.91 Å². The standard InChI is InChI=1S/C26H36N4O4/c1-6-25(31)28-20-10-11-23-22(13-20)26(32)29(4)16-24(33-5)18(2)14-30(19(3)17-34-23)15-21-9-7-8-12-27-21/h7-13,18-19,24H,6,14-17H2,1-5H3,(H,28,31)/t18-,19+,24+/m0/s1. The van der Waals surface area contributed by atoms with Crippen LogP contribution in [0.3, 0.4) is 0 Å². The molecule has 1 N–H and O–H groups in total. The summed E-state index contributed by atoms with van der Waals surface area (Å²) >= 11 is 0. The molecule has 3 rings (SSSR count). The molecule has 0 aliphatic carbocycles. The molecule has 34 heavy (non-hydrogen) atoms. The number of pyridine rings is 1. The number of ether oxygens (including phenoxy) is 2. The Bertz CT molecular complexity index is 969. The van der Waals surface area contributed by atoms with Crippen molar-refractivity contribution >= 4 is 17.5 Å². The molecule has 0 unspecified atom stereocenters. The molecule has 0 fully saturated rings. The molecule has 3 atom stereocenters. The first-order valence-electron chi connectivity index (χ1n) is 11.8. The van der Waals surface area contributed by atoms with Gasteiger partial charge in [-0.15, -0.1) is 0 Å². The largest absolute Gasteiger partial charge is 0.491 e. The molecule has 184 valence electrons. The second-order valence-electron chi connectivity index (χ2n) is 8.96. The van der Waals surface area contributed by atoms with Crippen LogP contribution >= 0.6 is 0 Å². The van der Waals surface area contributed by atoms with Crippen LogP contribution in [0.25, 0.3) is 0 Å². The summed E-state index contributed by atoms with van der Waals surface area (Å²) in [5.41, 5.74) is 1.99. The fourth-order valence-electron chi connectivity index (χ4n) is 4.10. The van der Waals surface area contributed by atoms with E-state index in [9.17, 15) is 9.59 Å². The number of anilines is 1. The molecule has 8 nitrogen and oxygen atoms in total. The number of amides is 2. The van der Waals surface area contributed by atoms with Crippen LogP contribution in [0.4, 0.5) is 5.69 Å². The number of likely N-dealkylation sites (N-methyl/N-ethyl adjacent to an activating group) is 1. The Hall–Kier alpha value is -2.97. The average Bonchev–Trinajstić information content (AvgIpc) is 2.85. The van der Waals surface area contributed by atoms with Gasteiger partial charge in [0.1, 0.15) is 12.4 Å². The molecule has 0 radical (unpaired) electrons. The van der Waals surface area contributed by atoms with Gasteiger partial charge in [-0.2, -0.15) is 0 Å². The van der Waals surface area contributed by atoms with Gasteiger partial charge in [0.25, 0.3) is 5.91 Å². The Morgan fingerprint density at radius 3 is 2.71 bits per heavy atom. The van der Waals surface area contributed by atoms with Crippen LogP contribution in [0.15, 0.2) is 42.6 Å². The molecule has 8 heteroatoms. The lowest BCUT2D eigenvalue weighted by atomic mass is 10.0. The van der Waals surface area contributed by atoms with Crippen molar-refractivity contribution < 1.29 is 19.1 Å². The van der Waals surface area contributed by atoms with Gasteiger partial charge in [0.15, 0.2) is 0 Å². The Kier molecular flexibility index (Phi) is 9.01. The van der Waals surface area contributed by atoms with Crippen molar-refractivity contribution in [3.8, 4) is 5.75 Å². The van der Waals surface area contributed by atoms with Gasteiger partial charge < -0.3 is 19.7 Å². The highest BCUT2D eigenvalue weighted by Crippen LogP contribution is 2.27. The molecule has 2 aromatic rings. The third kappa shape index (κ3) is 6.55. The second-order valence-corrected chi connectivity index (χ2v) is 8.96. The molecule has 0 saturated carbocycles. The number of nitrogens with zero attached hydrogens (tertiary/aromatic N) is 3. The lowest BCUT2D eigenvalue weighted by Crippen LogP contribution is -2.46. The number of fused-ring (bicyclic) bond motifs is 1. The third-order valence-electron chi connectivity index (χ3n) is 6.27. The van der Waals surface area contributed by atoms with E-state index >= 15 is 0 Å². The zero-order valence-electron chi connectivity index (χ0n) is 20.8. The van der Waals surface area contributed by atoms with Gasteiger partial charge in [-0.25, -0.2) is 0 Å². The molecule has 0 bridgehead atoms. The molecule has 1 aromatic heterocycles. The quantitative estimate of drug-likeness (QED) is 0.724. The minimum absolute atomic E-state index is 0.0709. The van der Waals surface area contributed by atoms with Crippen LogP contribution in [0.2, 0.25) is 0 Å². The maximum atomic E-state index is 13.4. The van der Waals surface area contributed by atoms with Gasteiger partial charge in [-0.05, 0) is 43.2 Å². The SMILES string of the molecule is CCC(=O)Nc1ccc2c(c1)C(=O)N(C)C[C@@H](OC)[C@@H](C)CN(Cc1ccccn1)[C@H](C)CO2.